The molecular formula is C23H20ClN7O4S. The molecule has 4 rings (SSSR count). The van der Waals surface area contributed by atoms with Crippen molar-refractivity contribution in [2.24, 2.45) is 0 Å². The van der Waals surface area contributed by atoms with Gasteiger partial charge in [0.2, 0.25) is 0 Å². The number of halogens is 1. The predicted octanol–water partition coefficient (Wildman–Crippen LogP) is 5.05. The molecule has 0 aliphatic heterocycles. The number of para-hydroxylation sites is 1. The van der Waals surface area contributed by atoms with Crippen LogP contribution in [-0.4, -0.2) is 39.9 Å². The predicted molar refractivity (Wildman–Crippen MR) is 140 cm³/mol. The summed E-state index contributed by atoms with van der Waals surface area (Å²) in [6, 6.07) is 12.9. The molecule has 0 aliphatic carbocycles. The molecule has 11 nitrogen and oxygen atoms in total. The molecule has 0 fully saturated rings. The third-order valence-electron chi connectivity index (χ3n) is 5.01. The second kappa shape index (κ2) is 11.0. The van der Waals surface area contributed by atoms with Gasteiger partial charge in [0.25, 0.3) is 11.6 Å². The lowest BCUT2D eigenvalue weighted by Crippen LogP contribution is -2.32. The monoisotopic (exact) mass is 525 g/mol. The molecule has 3 amide bonds. The Morgan fingerprint density at radius 2 is 1.94 bits per heavy atom. The van der Waals surface area contributed by atoms with Crippen molar-refractivity contribution in [2.45, 2.75) is 6.92 Å². The minimum atomic E-state index is -0.526. The Labute approximate surface area is 214 Å². The number of benzene rings is 2. The molecule has 2 aromatic heterocycles. The van der Waals surface area contributed by atoms with Crippen molar-refractivity contribution in [1.29, 1.82) is 0 Å². The van der Waals surface area contributed by atoms with Gasteiger partial charge in [0, 0.05) is 24.7 Å². The molecule has 0 radical (unpaired) electrons. The third kappa shape index (κ3) is 6.03. The number of thiazole rings is 1. The first-order valence-electron chi connectivity index (χ1n) is 10.7. The number of rotatable bonds is 8. The summed E-state index contributed by atoms with van der Waals surface area (Å²) in [6.45, 7) is 2.50. The van der Waals surface area contributed by atoms with Gasteiger partial charge in [0.05, 0.1) is 25.8 Å². The van der Waals surface area contributed by atoms with E-state index in [1.807, 2.05) is 19.1 Å². The van der Waals surface area contributed by atoms with Crippen LogP contribution in [-0.2, 0) is 0 Å². The van der Waals surface area contributed by atoms with Gasteiger partial charge in [-0.3, -0.25) is 20.2 Å². The summed E-state index contributed by atoms with van der Waals surface area (Å²) in [5.41, 5.74) is 2.40. The van der Waals surface area contributed by atoms with E-state index < -0.39 is 11.0 Å². The number of hydrogen-bond acceptors (Lipinski definition) is 8. The fraction of sp³-hybridized carbons (Fsp3) is 0.130. The Morgan fingerprint density at radius 3 is 2.67 bits per heavy atom. The van der Waals surface area contributed by atoms with Crippen LogP contribution in [0.1, 0.15) is 15.9 Å². The highest BCUT2D eigenvalue weighted by molar-refractivity contribution is 7.22. The zero-order chi connectivity index (χ0) is 25.7. The van der Waals surface area contributed by atoms with E-state index in [2.05, 4.69) is 31.2 Å². The van der Waals surface area contributed by atoms with Crippen molar-refractivity contribution in [2.75, 3.05) is 29.0 Å². The van der Waals surface area contributed by atoms with Gasteiger partial charge in [0.1, 0.15) is 12.0 Å². The smallest absolute Gasteiger partial charge is 0.321 e. The highest BCUT2D eigenvalue weighted by Crippen LogP contribution is 2.29. The van der Waals surface area contributed by atoms with Crippen LogP contribution in [0.25, 0.3) is 10.2 Å². The van der Waals surface area contributed by atoms with Gasteiger partial charge in [-0.05, 0) is 42.8 Å². The molecule has 184 valence electrons. The van der Waals surface area contributed by atoms with E-state index in [4.69, 9.17) is 11.6 Å². The average molecular weight is 526 g/mol. The highest BCUT2D eigenvalue weighted by atomic mass is 35.5. The number of anilines is 3. The molecule has 0 atom stereocenters. The third-order valence-corrected chi connectivity index (χ3v) is 6.26. The van der Waals surface area contributed by atoms with Crippen molar-refractivity contribution in [3.8, 4) is 0 Å². The number of carbonyl (C=O) groups excluding carboxylic acids is 2. The Balaban J connectivity index is 1.30. The summed E-state index contributed by atoms with van der Waals surface area (Å²) in [6.07, 6.45) is 1.16. The lowest BCUT2D eigenvalue weighted by atomic mass is 10.1. The van der Waals surface area contributed by atoms with Gasteiger partial charge in [-0.2, -0.15) is 0 Å². The maximum absolute atomic E-state index is 12.7. The van der Waals surface area contributed by atoms with Crippen LogP contribution in [0.2, 0.25) is 5.02 Å². The van der Waals surface area contributed by atoms with E-state index in [-0.39, 0.29) is 18.1 Å². The number of hydrogen-bond donors (Lipinski definition) is 4. The zero-order valence-electron chi connectivity index (χ0n) is 18.9. The Morgan fingerprint density at radius 1 is 1.11 bits per heavy atom. The van der Waals surface area contributed by atoms with Crippen LogP contribution in [0.5, 0.6) is 0 Å². The fourth-order valence-electron chi connectivity index (χ4n) is 3.20. The zero-order valence-corrected chi connectivity index (χ0v) is 20.4. The summed E-state index contributed by atoms with van der Waals surface area (Å²) in [7, 11) is 0. The van der Waals surface area contributed by atoms with Gasteiger partial charge in [-0.25, -0.2) is 14.8 Å². The lowest BCUT2D eigenvalue weighted by Gasteiger charge is -2.10. The average Bonchev–Trinajstić information content (AvgIpc) is 3.25. The van der Waals surface area contributed by atoms with Gasteiger partial charge in [-0.15, -0.1) is 0 Å². The molecule has 2 aromatic carbocycles. The molecule has 0 saturated carbocycles. The Kier molecular flexibility index (Phi) is 7.56. The lowest BCUT2D eigenvalue weighted by molar-refractivity contribution is -0.385. The molecule has 0 unspecified atom stereocenters. The summed E-state index contributed by atoms with van der Waals surface area (Å²) < 4.78 is 0.736. The van der Waals surface area contributed by atoms with E-state index in [0.29, 0.717) is 39.3 Å². The second-order valence-corrected chi connectivity index (χ2v) is 8.99. The number of carbonyl (C=O) groups is 2. The number of nitrogens with one attached hydrogen (secondary N) is 4. The second-order valence-electron chi connectivity index (χ2n) is 7.55. The molecule has 0 saturated heterocycles. The van der Waals surface area contributed by atoms with Crippen LogP contribution in [0, 0.1) is 17.0 Å². The number of pyridine rings is 1. The van der Waals surface area contributed by atoms with Gasteiger partial charge >= 0.3 is 6.03 Å². The number of fused-ring (bicyclic) bond motifs is 1. The number of urea groups is 1. The maximum atomic E-state index is 12.7. The maximum Gasteiger partial charge on any atom is 0.321 e. The van der Waals surface area contributed by atoms with Crippen molar-refractivity contribution >= 4 is 67.4 Å². The van der Waals surface area contributed by atoms with Crippen molar-refractivity contribution in [3.63, 3.8) is 0 Å². The number of aryl methyl sites for hydroxylation is 1. The number of aromatic nitrogens is 2. The SMILES string of the molecule is Cc1cccc(Cl)c1NC(=O)c1ccc2nc(NC(=O)NCCNc3ccc([N+](=O)[O-])cn3)sc2c1. The van der Waals surface area contributed by atoms with Gasteiger partial charge < -0.3 is 16.0 Å². The first kappa shape index (κ1) is 24.8. The highest BCUT2D eigenvalue weighted by Gasteiger charge is 2.14. The van der Waals surface area contributed by atoms with Crippen LogP contribution in [0.3, 0.4) is 0 Å². The molecule has 2 heterocycles. The van der Waals surface area contributed by atoms with Gasteiger partial charge in [-0.1, -0.05) is 35.1 Å². The van der Waals surface area contributed by atoms with E-state index >= 15 is 0 Å². The van der Waals surface area contributed by atoms with E-state index in [1.54, 1.807) is 24.3 Å². The molecule has 4 N–H and O–H groups in total. The standard InChI is InChI=1S/C23H20ClN7O4S/c1-13-3-2-4-16(24)20(13)29-21(32)14-5-7-17-18(11-14)36-23(28-17)30-22(33)26-10-9-25-19-8-6-15(12-27-19)31(34)35/h2-8,11-12H,9-10H2,1H3,(H,25,27)(H,29,32)(H2,26,28,30,33). The van der Waals surface area contributed by atoms with Crippen molar-refractivity contribution in [3.05, 3.63) is 81.0 Å². The van der Waals surface area contributed by atoms with Crippen molar-refractivity contribution in [1.82, 2.24) is 15.3 Å². The molecular weight excluding hydrogens is 506 g/mol. The summed E-state index contributed by atoms with van der Waals surface area (Å²) in [5.74, 6) is 0.155. The van der Waals surface area contributed by atoms with E-state index in [9.17, 15) is 19.7 Å². The number of nitrogens with zero attached hydrogens (tertiary/aromatic N) is 3. The van der Waals surface area contributed by atoms with E-state index in [0.717, 1.165) is 16.5 Å². The quantitative estimate of drug-likeness (QED) is 0.143. The molecule has 4 aromatic rings. The minimum Gasteiger partial charge on any atom is -0.368 e. The van der Waals surface area contributed by atoms with E-state index in [1.165, 1.54) is 23.5 Å². The minimum absolute atomic E-state index is 0.0997. The molecule has 36 heavy (non-hydrogen) atoms. The topological polar surface area (TPSA) is 151 Å². The van der Waals surface area contributed by atoms with Crippen LogP contribution in [0.15, 0.2) is 54.7 Å². The number of amides is 3. The summed E-state index contributed by atoms with van der Waals surface area (Å²) in [5, 5.41) is 22.6. The Hall–Kier alpha value is -4.29. The number of nitro groups is 1. The molecule has 0 spiro atoms. The normalized spacial score (nSPS) is 10.6. The van der Waals surface area contributed by atoms with Crippen molar-refractivity contribution < 1.29 is 14.5 Å². The molecule has 13 heteroatoms. The van der Waals surface area contributed by atoms with Crippen LogP contribution < -0.4 is 21.3 Å². The first-order valence-corrected chi connectivity index (χ1v) is 11.9. The Bertz CT molecular complexity index is 1420. The molecule has 0 bridgehead atoms. The van der Waals surface area contributed by atoms with Gasteiger partial charge in [0.15, 0.2) is 5.13 Å². The fourth-order valence-corrected chi connectivity index (χ4v) is 4.37. The summed E-state index contributed by atoms with van der Waals surface area (Å²) >= 11 is 7.44. The molecule has 0 aliphatic rings. The largest absolute Gasteiger partial charge is 0.368 e. The van der Waals surface area contributed by atoms with Crippen LogP contribution in [0.4, 0.5) is 27.1 Å². The van der Waals surface area contributed by atoms with Crippen LogP contribution >= 0.6 is 22.9 Å². The first-order chi connectivity index (χ1) is 17.3. The summed E-state index contributed by atoms with van der Waals surface area (Å²) in [4.78, 5) is 43.4.